The second-order valence-electron chi connectivity index (χ2n) is 8.08. The first kappa shape index (κ1) is 24.3. The Morgan fingerprint density at radius 1 is 1.10 bits per heavy atom. The summed E-state index contributed by atoms with van der Waals surface area (Å²) in [5, 5.41) is 9.08. The van der Waals surface area contributed by atoms with Crippen LogP contribution in [0, 0.1) is 5.92 Å². The van der Waals surface area contributed by atoms with Crippen LogP contribution in [0.5, 0.6) is 5.75 Å². The molecule has 0 heterocycles. The maximum absolute atomic E-state index is 12.1. The van der Waals surface area contributed by atoms with E-state index in [4.69, 9.17) is 9.47 Å². The molecule has 8 heteroatoms. The number of benzene rings is 1. The molecule has 0 bridgehead atoms. The maximum atomic E-state index is 12.1. The number of hydrogen-bond acceptors (Lipinski definition) is 5. The maximum Gasteiger partial charge on any atom is 0.310 e. The summed E-state index contributed by atoms with van der Waals surface area (Å²) >= 11 is 0. The smallest absolute Gasteiger partial charge is 0.310 e. The third kappa shape index (κ3) is 10.4. The normalized spacial score (nSPS) is 12.9. The van der Waals surface area contributed by atoms with E-state index in [9.17, 15) is 9.59 Å². The van der Waals surface area contributed by atoms with Gasteiger partial charge in [0.25, 0.3) is 0 Å². The van der Waals surface area contributed by atoms with Crippen LogP contribution in [0.1, 0.15) is 41.5 Å². The van der Waals surface area contributed by atoms with Crippen molar-refractivity contribution in [2.45, 2.75) is 53.2 Å². The van der Waals surface area contributed by atoms with Crippen LogP contribution in [0.3, 0.4) is 0 Å². The summed E-state index contributed by atoms with van der Waals surface area (Å²) in [5.74, 6) is 0.276. The number of esters is 1. The van der Waals surface area contributed by atoms with Crippen molar-refractivity contribution in [1.82, 2.24) is 10.6 Å². The number of rotatable bonds is 8. The lowest BCUT2D eigenvalue weighted by atomic mass is 10.1. The van der Waals surface area contributed by atoms with Crippen molar-refractivity contribution in [1.29, 1.82) is 0 Å². The average molecular weight is 407 g/mol. The predicted molar refractivity (Wildman–Crippen MR) is 115 cm³/mol. The molecule has 1 unspecified atom stereocenters. The van der Waals surface area contributed by atoms with Crippen LogP contribution in [0.15, 0.2) is 29.3 Å². The number of nitrogens with one attached hydrogen (secondary N) is 3. The molecule has 1 atom stereocenters. The van der Waals surface area contributed by atoms with Gasteiger partial charge in [-0.05, 0) is 58.9 Å². The quantitative estimate of drug-likeness (QED) is 0.348. The van der Waals surface area contributed by atoms with Gasteiger partial charge >= 0.3 is 5.97 Å². The summed E-state index contributed by atoms with van der Waals surface area (Å²) in [6.45, 7) is 11.7. The lowest BCUT2D eigenvalue weighted by Crippen LogP contribution is -2.42. The van der Waals surface area contributed by atoms with Crippen LogP contribution >= 0.6 is 0 Å². The number of ether oxygens (including phenoxy) is 2. The molecule has 0 aliphatic heterocycles. The van der Waals surface area contributed by atoms with Crippen LogP contribution < -0.4 is 20.7 Å². The van der Waals surface area contributed by atoms with Crippen molar-refractivity contribution in [3.63, 3.8) is 0 Å². The summed E-state index contributed by atoms with van der Waals surface area (Å²) in [6, 6.07) is 7.41. The number of anilines is 1. The Morgan fingerprint density at radius 2 is 1.72 bits per heavy atom. The zero-order valence-corrected chi connectivity index (χ0v) is 18.5. The molecule has 0 aliphatic rings. The van der Waals surface area contributed by atoms with Crippen molar-refractivity contribution in [2.24, 2.45) is 10.9 Å². The molecule has 1 aromatic carbocycles. The number of guanidine groups is 1. The van der Waals surface area contributed by atoms with Gasteiger partial charge in [0.2, 0.25) is 5.91 Å². The Kier molecular flexibility index (Phi) is 9.44. The van der Waals surface area contributed by atoms with E-state index >= 15 is 0 Å². The first-order valence-corrected chi connectivity index (χ1v) is 9.71. The Hall–Kier alpha value is -2.77. The molecule has 1 aromatic rings. The fourth-order valence-corrected chi connectivity index (χ4v) is 2.31. The Labute approximate surface area is 173 Å². The number of methoxy groups -OCH3 is 1. The lowest BCUT2D eigenvalue weighted by Gasteiger charge is -2.20. The minimum Gasteiger partial charge on any atom is -0.491 e. The van der Waals surface area contributed by atoms with E-state index in [1.165, 1.54) is 7.11 Å². The first-order valence-electron chi connectivity index (χ1n) is 9.71. The summed E-state index contributed by atoms with van der Waals surface area (Å²) < 4.78 is 10.4. The SMILES string of the molecule is COC(=O)C(C)CNC(=NCC(=O)NC(C)(C)C)Nc1ccc(OC(C)C)cc1. The molecule has 3 N–H and O–H groups in total. The number of aliphatic imine (C=N–C) groups is 1. The van der Waals surface area contributed by atoms with E-state index in [2.05, 4.69) is 20.9 Å². The Balaban J connectivity index is 2.84. The highest BCUT2D eigenvalue weighted by molar-refractivity contribution is 5.95. The number of carbonyl (C=O) groups excluding carboxylic acids is 2. The first-order chi connectivity index (χ1) is 13.5. The number of nitrogens with zero attached hydrogens (tertiary/aromatic N) is 1. The average Bonchev–Trinajstić information content (AvgIpc) is 2.62. The van der Waals surface area contributed by atoms with E-state index in [-0.39, 0.29) is 36.0 Å². The highest BCUT2D eigenvalue weighted by Crippen LogP contribution is 2.16. The van der Waals surface area contributed by atoms with Gasteiger partial charge in [0.05, 0.1) is 19.1 Å². The van der Waals surface area contributed by atoms with Crippen LogP contribution in [0.2, 0.25) is 0 Å². The van der Waals surface area contributed by atoms with E-state index in [0.717, 1.165) is 11.4 Å². The molecule has 0 radical (unpaired) electrons. The third-order valence-corrected chi connectivity index (χ3v) is 3.56. The minimum atomic E-state index is -0.364. The van der Waals surface area contributed by atoms with E-state index in [1.54, 1.807) is 6.92 Å². The number of carbonyl (C=O) groups is 2. The van der Waals surface area contributed by atoms with Gasteiger partial charge in [-0.2, -0.15) is 0 Å². The highest BCUT2D eigenvalue weighted by Gasteiger charge is 2.15. The molecule has 1 rings (SSSR count). The molecule has 1 amide bonds. The topological polar surface area (TPSA) is 101 Å². The molecule has 0 aliphatic carbocycles. The Morgan fingerprint density at radius 3 is 2.24 bits per heavy atom. The monoisotopic (exact) mass is 406 g/mol. The lowest BCUT2D eigenvalue weighted by molar-refractivity contribution is -0.144. The van der Waals surface area contributed by atoms with Crippen molar-refractivity contribution in [3.05, 3.63) is 24.3 Å². The molecule has 0 saturated carbocycles. The Bertz CT molecular complexity index is 694. The van der Waals surface area contributed by atoms with Crippen LogP contribution in [0.25, 0.3) is 0 Å². The van der Waals surface area contributed by atoms with Gasteiger partial charge in [-0.3, -0.25) is 9.59 Å². The summed E-state index contributed by atoms with van der Waals surface area (Å²) in [4.78, 5) is 28.1. The van der Waals surface area contributed by atoms with Gasteiger partial charge in [0.1, 0.15) is 12.3 Å². The molecule has 0 saturated heterocycles. The third-order valence-electron chi connectivity index (χ3n) is 3.56. The molecule has 8 nitrogen and oxygen atoms in total. The van der Waals surface area contributed by atoms with Crippen LogP contribution in [-0.2, 0) is 14.3 Å². The molecule has 0 fully saturated rings. The second kappa shape index (κ2) is 11.3. The molecule has 0 spiro atoms. The van der Waals surface area contributed by atoms with Crippen LogP contribution in [0.4, 0.5) is 5.69 Å². The van der Waals surface area contributed by atoms with Gasteiger partial charge in [0, 0.05) is 17.8 Å². The van der Waals surface area contributed by atoms with Crippen LogP contribution in [-0.4, -0.2) is 49.7 Å². The van der Waals surface area contributed by atoms with Gasteiger partial charge in [0.15, 0.2) is 5.96 Å². The molecular formula is C21H34N4O4. The van der Waals surface area contributed by atoms with E-state index in [1.807, 2.05) is 58.9 Å². The highest BCUT2D eigenvalue weighted by atomic mass is 16.5. The van der Waals surface area contributed by atoms with Crippen molar-refractivity contribution in [3.8, 4) is 5.75 Å². The fourth-order valence-electron chi connectivity index (χ4n) is 2.31. The van der Waals surface area contributed by atoms with Crippen molar-refractivity contribution < 1.29 is 19.1 Å². The fraction of sp³-hybridized carbons (Fsp3) is 0.571. The molecule has 0 aromatic heterocycles. The molecular weight excluding hydrogens is 372 g/mol. The zero-order chi connectivity index (χ0) is 22.0. The predicted octanol–water partition coefficient (Wildman–Crippen LogP) is 2.56. The standard InChI is InChI=1S/C21H34N4O4/c1-14(2)29-17-10-8-16(9-11-17)24-20(22-12-15(3)19(27)28-7)23-13-18(26)25-21(4,5)6/h8-11,14-15H,12-13H2,1-7H3,(H,25,26)(H2,22,23,24). The number of amides is 1. The minimum absolute atomic E-state index is 0.0479. The zero-order valence-electron chi connectivity index (χ0n) is 18.5. The summed E-state index contributed by atoms with van der Waals surface area (Å²) in [6.07, 6.45) is 0.0914. The van der Waals surface area contributed by atoms with E-state index in [0.29, 0.717) is 12.5 Å². The largest absolute Gasteiger partial charge is 0.491 e. The van der Waals surface area contributed by atoms with E-state index < -0.39 is 0 Å². The summed E-state index contributed by atoms with van der Waals surface area (Å²) in [7, 11) is 1.35. The van der Waals surface area contributed by atoms with Gasteiger partial charge in [-0.1, -0.05) is 6.92 Å². The van der Waals surface area contributed by atoms with Gasteiger partial charge < -0.3 is 25.4 Å². The second-order valence-corrected chi connectivity index (χ2v) is 8.08. The molecule has 162 valence electrons. The van der Waals surface area contributed by atoms with Crippen molar-refractivity contribution in [2.75, 3.05) is 25.5 Å². The summed E-state index contributed by atoms with van der Waals surface area (Å²) in [5.41, 5.74) is 0.438. The number of hydrogen-bond donors (Lipinski definition) is 3. The molecule has 29 heavy (non-hydrogen) atoms. The van der Waals surface area contributed by atoms with Gasteiger partial charge in [-0.15, -0.1) is 0 Å². The van der Waals surface area contributed by atoms with Crippen molar-refractivity contribution >= 4 is 23.5 Å². The van der Waals surface area contributed by atoms with Gasteiger partial charge in [-0.25, -0.2) is 4.99 Å².